The average molecular weight is 295 g/mol. The summed E-state index contributed by atoms with van der Waals surface area (Å²) in [5.74, 6) is 0.881. The molecule has 1 aromatic rings. The molecule has 0 radical (unpaired) electrons. The molecule has 1 fully saturated rings. The second kappa shape index (κ2) is 4.66. The third kappa shape index (κ3) is 2.02. The standard InChI is InChI=1S/C9H8Cl2N2OS2/c10-7(11)9(14)5-16-8(15)13(9)6-3-1-2-4-12-6/h1-4,7,14H,5H2. The highest BCUT2D eigenvalue weighted by Crippen LogP contribution is 2.39. The molecule has 0 spiro atoms. The Hall–Kier alpha value is -0.0700. The van der Waals surface area contributed by atoms with Crippen molar-refractivity contribution in [3.63, 3.8) is 0 Å². The molecular formula is C9H8Cl2N2OS2. The molecule has 0 aliphatic carbocycles. The first-order valence-corrected chi connectivity index (χ1v) is 6.71. The van der Waals surface area contributed by atoms with E-state index in [4.69, 9.17) is 35.4 Å². The van der Waals surface area contributed by atoms with Gasteiger partial charge < -0.3 is 5.11 Å². The number of hydrogen-bond acceptors (Lipinski definition) is 4. The van der Waals surface area contributed by atoms with E-state index in [9.17, 15) is 5.11 Å². The molecule has 86 valence electrons. The Labute approximate surface area is 113 Å². The first-order valence-electron chi connectivity index (χ1n) is 4.44. The van der Waals surface area contributed by atoms with Gasteiger partial charge >= 0.3 is 0 Å². The van der Waals surface area contributed by atoms with E-state index in [1.165, 1.54) is 16.7 Å². The predicted molar refractivity (Wildman–Crippen MR) is 72.2 cm³/mol. The third-order valence-electron chi connectivity index (χ3n) is 2.21. The zero-order valence-corrected chi connectivity index (χ0v) is 11.2. The molecule has 2 heterocycles. The van der Waals surface area contributed by atoms with Crippen molar-refractivity contribution in [3.05, 3.63) is 24.4 Å². The summed E-state index contributed by atoms with van der Waals surface area (Å²) in [6, 6.07) is 5.35. The highest BCUT2D eigenvalue weighted by atomic mass is 35.5. The number of hydrogen-bond donors (Lipinski definition) is 1. The van der Waals surface area contributed by atoms with Gasteiger partial charge in [-0.15, -0.1) is 0 Å². The number of halogens is 2. The Balaban J connectivity index is 2.41. The van der Waals surface area contributed by atoms with E-state index < -0.39 is 10.6 Å². The highest BCUT2D eigenvalue weighted by molar-refractivity contribution is 8.23. The lowest BCUT2D eigenvalue weighted by Gasteiger charge is -2.33. The number of thioether (sulfide) groups is 1. The van der Waals surface area contributed by atoms with Crippen molar-refractivity contribution in [2.75, 3.05) is 10.7 Å². The number of aromatic nitrogens is 1. The molecule has 1 aromatic heterocycles. The molecule has 1 saturated heterocycles. The topological polar surface area (TPSA) is 36.4 Å². The van der Waals surface area contributed by atoms with Gasteiger partial charge in [0.25, 0.3) is 0 Å². The van der Waals surface area contributed by atoms with Gasteiger partial charge in [-0.25, -0.2) is 4.98 Å². The largest absolute Gasteiger partial charge is 0.367 e. The molecule has 2 rings (SSSR count). The van der Waals surface area contributed by atoms with Crippen LogP contribution < -0.4 is 4.90 Å². The number of pyridine rings is 1. The molecule has 16 heavy (non-hydrogen) atoms. The van der Waals surface area contributed by atoms with Crippen molar-refractivity contribution in [2.24, 2.45) is 0 Å². The van der Waals surface area contributed by atoms with Gasteiger partial charge in [-0.3, -0.25) is 4.90 Å². The maximum Gasteiger partial charge on any atom is 0.184 e. The van der Waals surface area contributed by atoms with E-state index in [2.05, 4.69) is 4.98 Å². The van der Waals surface area contributed by atoms with Crippen LogP contribution >= 0.6 is 47.2 Å². The SMILES string of the molecule is OC1(C(Cl)Cl)CSC(=S)N1c1ccccn1. The Morgan fingerprint density at radius 3 is 2.88 bits per heavy atom. The van der Waals surface area contributed by atoms with Crippen LogP contribution in [0.15, 0.2) is 24.4 Å². The Bertz CT molecular complexity index is 404. The lowest BCUT2D eigenvalue weighted by atomic mass is 10.2. The molecule has 1 aliphatic heterocycles. The van der Waals surface area contributed by atoms with Gasteiger partial charge in [-0.1, -0.05) is 53.2 Å². The highest BCUT2D eigenvalue weighted by Gasteiger charge is 2.48. The van der Waals surface area contributed by atoms with Crippen LogP contribution in [0.3, 0.4) is 0 Å². The van der Waals surface area contributed by atoms with Crippen molar-refractivity contribution in [2.45, 2.75) is 10.6 Å². The van der Waals surface area contributed by atoms with E-state index in [0.29, 0.717) is 15.9 Å². The average Bonchev–Trinajstić information content (AvgIpc) is 2.57. The fourth-order valence-corrected chi connectivity index (χ4v) is 3.37. The fourth-order valence-electron chi connectivity index (χ4n) is 1.39. The van der Waals surface area contributed by atoms with Gasteiger partial charge in [-0.2, -0.15) is 0 Å². The van der Waals surface area contributed by atoms with Crippen LogP contribution in [0.25, 0.3) is 0 Å². The first-order chi connectivity index (χ1) is 7.55. The Kier molecular flexibility index (Phi) is 3.61. The van der Waals surface area contributed by atoms with Gasteiger partial charge in [0.1, 0.15) is 10.1 Å². The van der Waals surface area contributed by atoms with Crippen LogP contribution in [0.2, 0.25) is 0 Å². The minimum Gasteiger partial charge on any atom is -0.367 e. The predicted octanol–water partition coefficient (Wildman–Crippen LogP) is 2.41. The minimum atomic E-state index is -1.39. The Morgan fingerprint density at radius 2 is 2.31 bits per heavy atom. The molecule has 0 amide bonds. The van der Waals surface area contributed by atoms with E-state index >= 15 is 0 Å². The number of nitrogens with zero attached hydrogens (tertiary/aromatic N) is 2. The first kappa shape index (κ1) is 12.4. The quantitative estimate of drug-likeness (QED) is 0.670. The summed E-state index contributed by atoms with van der Waals surface area (Å²) in [6.45, 7) is 0. The number of alkyl halides is 2. The second-order valence-corrected chi connectivity index (χ2v) is 5.96. The van der Waals surface area contributed by atoms with Gasteiger partial charge in [0, 0.05) is 6.20 Å². The minimum absolute atomic E-state index is 0.333. The summed E-state index contributed by atoms with van der Waals surface area (Å²) in [6.07, 6.45) is 1.62. The summed E-state index contributed by atoms with van der Waals surface area (Å²) < 4.78 is 0.521. The molecule has 1 N–H and O–H groups in total. The summed E-state index contributed by atoms with van der Waals surface area (Å²) in [7, 11) is 0. The molecule has 0 aromatic carbocycles. The van der Waals surface area contributed by atoms with Crippen LogP contribution in [0.1, 0.15) is 0 Å². The van der Waals surface area contributed by atoms with E-state index in [-0.39, 0.29) is 0 Å². The molecular weight excluding hydrogens is 287 g/mol. The molecule has 1 unspecified atom stereocenters. The van der Waals surface area contributed by atoms with Gasteiger partial charge in [-0.05, 0) is 12.1 Å². The van der Waals surface area contributed by atoms with E-state index in [1.54, 1.807) is 18.3 Å². The normalized spacial score (nSPS) is 25.5. The van der Waals surface area contributed by atoms with Gasteiger partial charge in [0.2, 0.25) is 0 Å². The monoisotopic (exact) mass is 294 g/mol. The lowest BCUT2D eigenvalue weighted by molar-refractivity contribution is 0.0930. The number of rotatable bonds is 2. The Morgan fingerprint density at radius 1 is 1.56 bits per heavy atom. The molecule has 1 atom stereocenters. The van der Waals surface area contributed by atoms with Crippen molar-refractivity contribution in [1.29, 1.82) is 0 Å². The molecule has 0 saturated carbocycles. The van der Waals surface area contributed by atoms with Crippen LogP contribution in [-0.2, 0) is 0 Å². The number of thiocarbonyl (C=S) groups is 1. The zero-order valence-electron chi connectivity index (χ0n) is 8.01. The maximum atomic E-state index is 10.4. The lowest BCUT2D eigenvalue weighted by Crippen LogP contribution is -2.52. The van der Waals surface area contributed by atoms with Crippen LogP contribution in [0.5, 0.6) is 0 Å². The summed E-state index contributed by atoms with van der Waals surface area (Å²) in [5.41, 5.74) is -1.39. The van der Waals surface area contributed by atoms with Crippen LogP contribution in [-0.4, -0.2) is 30.7 Å². The van der Waals surface area contributed by atoms with E-state index in [1.807, 2.05) is 6.07 Å². The summed E-state index contributed by atoms with van der Waals surface area (Å²) >= 11 is 18.1. The van der Waals surface area contributed by atoms with Crippen molar-refractivity contribution in [3.8, 4) is 0 Å². The fraction of sp³-hybridized carbons (Fsp3) is 0.333. The molecule has 1 aliphatic rings. The third-order valence-corrected chi connectivity index (χ3v) is 4.44. The molecule has 3 nitrogen and oxygen atoms in total. The van der Waals surface area contributed by atoms with Crippen molar-refractivity contribution >= 4 is 57.3 Å². The second-order valence-electron chi connectivity index (χ2n) is 3.26. The van der Waals surface area contributed by atoms with Gasteiger partial charge in [0.15, 0.2) is 10.6 Å². The van der Waals surface area contributed by atoms with Crippen molar-refractivity contribution < 1.29 is 5.11 Å². The number of aliphatic hydroxyl groups is 1. The van der Waals surface area contributed by atoms with E-state index in [0.717, 1.165) is 0 Å². The summed E-state index contributed by atoms with van der Waals surface area (Å²) in [5, 5.41) is 10.4. The van der Waals surface area contributed by atoms with Crippen LogP contribution in [0.4, 0.5) is 5.82 Å². The molecule has 7 heteroatoms. The maximum absolute atomic E-state index is 10.4. The number of anilines is 1. The molecule has 0 bridgehead atoms. The van der Waals surface area contributed by atoms with Crippen molar-refractivity contribution in [1.82, 2.24) is 4.98 Å². The van der Waals surface area contributed by atoms with Crippen LogP contribution in [0, 0.1) is 0 Å². The summed E-state index contributed by atoms with van der Waals surface area (Å²) in [4.78, 5) is 4.68. The van der Waals surface area contributed by atoms with Gasteiger partial charge in [0.05, 0.1) is 5.75 Å². The smallest absolute Gasteiger partial charge is 0.184 e. The zero-order chi connectivity index (χ0) is 11.8.